The summed E-state index contributed by atoms with van der Waals surface area (Å²) in [6.45, 7) is 0.880. The smallest absolute Gasteiger partial charge is 0.395 e. The zero-order valence-electron chi connectivity index (χ0n) is 6.78. The molecular weight excluding hydrogens is 171 g/mol. The molecule has 1 saturated heterocycles. The third-order valence-corrected chi connectivity index (χ3v) is 2.65. The van der Waals surface area contributed by atoms with E-state index in [-0.39, 0.29) is 13.1 Å². The Hall–Kier alpha value is -0.290. The van der Waals surface area contributed by atoms with Gasteiger partial charge in [-0.15, -0.1) is 0 Å². The van der Waals surface area contributed by atoms with E-state index in [1.807, 2.05) is 0 Å². The van der Waals surface area contributed by atoms with Crippen LogP contribution in [-0.2, 0) is 0 Å². The molecule has 2 atom stereocenters. The fraction of sp³-hybridized carbons (Fsp3) is 1.00. The molecule has 0 spiro atoms. The van der Waals surface area contributed by atoms with Gasteiger partial charge in [0.15, 0.2) is 0 Å². The van der Waals surface area contributed by atoms with Crippen molar-refractivity contribution in [2.75, 3.05) is 19.7 Å². The van der Waals surface area contributed by atoms with Crippen molar-refractivity contribution in [3.8, 4) is 0 Å². The van der Waals surface area contributed by atoms with Gasteiger partial charge >= 0.3 is 6.18 Å². The molecule has 1 fully saturated rings. The van der Waals surface area contributed by atoms with E-state index in [0.29, 0.717) is 0 Å². The molecule has 0 aromatic rings. The summed E-state index contributed by atoms with van der Waals surface area (Å²) in [4.78, 5) is 0. The summed E-state index contributed by atoms with van der Waals surface area (Å²) < 4.78 is 37.3. The van der Waals surface area contributed by atoms with Gasteiger partial charge in [-0.1, -0.05) is 0 Å². The fourth-order valence-electron chi connectivity index (χ4n) is 1.47. The maximum atomic E-state index is 12.4. The van der Waals surface area contributed by atoms with Gasteiger partial charge in [0.2, 0.25) is 0 Å². The lowest BCUT2D eigenvalue weighted by Crippen LogP contribution is -2.43. The quantitative estimate of drug-likeness (QED) is 0.629. The molecule has 12 heavy (non-hydrogen) atoms. The van der Waals surface area contributed by atoms with E-state index < -0.39 is 24.1 Å². The predicted molar refractivity (Wildman–Crippen MR) is 37.6 cm³/mol. The highest BCUT2D eigenvalue weighted by molar-refractivity contribution is 4.96. The van der Waals surface area contributed by atoms with Crippen molar-refractivity contribution in [1.82, 2.24) is 5.32 Å². The average molecular weight is 183 g/mol. The maximum absolute atomic E-state index is 12.4. The molecule has 0 aliphatic carbocycles. The number of rotatable bonds is 1. The van der Waals surface area contributed by atoms with Crippen molar-refractivity contribution in [3.63, 3.8) is 0 Å². The topological polar surface area (TPSA) is 32.3 Å². The van der Waals surface area contributed by atoms with Crippen LogP contribution in [0.15, 0.2) is 0 Å². The molecule has 2 N–H and O–H groups in total. The monoisotopic (exact) mass is 183 g/mol. The van der Waals surface area contributed by atoms with Gasteiger partial charge < -0.3 is 10.4 Å². The zero-order valence-corrected chi connectivity index (χ0v) is 6.78. The Balaban J connectivity index is 2.82. The Morgan fingerprint density at radius 3 is 2.50 bits per heavy atom. The predicted octanol–water partition coefficient (Wildman–Crippen LogP) is 0.767. The molecule has 1 heterocycles. The molecule has 0 saturated carbocycles. The number of nitrogens with one attached hydrogen (secondary N) is 1. The summed E-state index contributed by atoms with van der Waals surface area (Å²) in [5.74, 6) is -0.711. The normalized spacial score (nSPS) is 37.2. The van der Waals surface area contributed by atoms with Crippen molar-refractivity contribution >= 4 is 0 Å². The maximum Gasteiger partial charge on any atom is 0.395 e. The first-order valence-corrected chi connectivity index (χ1v) is 3.80. The van der Waals surface area contributed by atoms with Crippen LogP contribution in [0.2, 0.25) is 0 Å². The van der Waals surface area contributed by atoms with Crippen LogP contribution < -0.4 is 5.32 Å². The molecule has 2 nitrogen and oxygen atoms in total. The number of hydrogen-bond acceptors (Lipinski definition) is 2. The SMILES string of the molecule is C[C@@]1(C(F)(F)F)CNC[C@@H]1CO. The van der Waals surface area contributed by atoms with Gasteiger partial charge in [0.25, 0.3) is 0 Å². The van der Waals surface area contributed by atoms with Gasteiger partial charge in [0.1, 0.15) is 0 Å². The van der Waals surface area contributed by atoms with E-state index in [9.17, 15) is 13.2 Å². The fourth-order valence-corrected chi connectivity index (χ4v) is 1.47. The van der Waals surface area contributed by atoms with E-state index in [1.165, 1.54) is 0 Å². The summed E-state index contributed by atoms with van der Waals surface area (Å²) in [5.41, 5.74) is -1.76. The average Bonchev–Trinajstić information content (AvgIpc) is 2.30. The zero-order chi connectivity index (χ0) is 9.41. The summed E-state index contributed by atoms with van der Waals surface area (Å²) in [6, 6.07) is 0. The minimum atomic E-state index is -4.23. The second-order valence-corrected chi connectivity index (χ2v) is 3.43. The van der Waals surface area contributed by atoms with Crippen LogP contribution in [0, 0.1) is 11.3 Å². The summed E-state index contributed by atoms with van der Waals surface area (Å²) in [7, 11) is 0. The highest BCUT2D eigenvalue weighted by Crippen LogP contribution is 2.45. The first-order valence-electron chi connectivity index (χ1n) is 3.80. The van der Waals surface area contributed by atoms with Crippen LogP contribution >= 0.6 is 0 Å². The first-order chi connectivity index (χ1) is 5.42. The van der Waals surface area contributed by atoms with Crippen LogP contribution in [0.25, 0.3) is 0 Å². The Morgan fingerprint density at radius 2 is 2.17 bits per heavy atom. The van der Waals surface area contributed by atoms with E-state index in [4.69, 9.17) is 5.11 Å². The number of aliphatic hydroxyl groups excluding tert-OH is 1. The van der Waals surface area contributed by atoms with Crippen LogP contribution in [0.4, 0.5) is 13.2 Å². The molecule has 1 rings (SSSR count). The van der Waals surface area contributed by atoms with Crippen molar-refractivity contribution in [2.24, 2.45) is 11.3 Å². The van der Waals surface area contributed by atoms with Crippen LogP contribution in [0.5, 0.6) is 0 Å². The number of alkyl halides is 3. The lowest BCUT2D eigenvalue weighted by molar-refractivity contribution is -0.227. The molecule has 0 amide bonds. The third-order valence-electron chi connectivity index (χ3n) is 2.65. The standard InChI is InChI=1S/C7H12F3NO/c1-6(7(8,9)10)4-11-2-5(6)3-12/h5,11-12H,2-4H2,1H3/t5-,6-/m1/s1. The summed E-state index contributed by atoms with van der Waals surface area (Å²) in [5, 5.41) is 11.4. The van der Waals surface area contributed by atoms with Gasteiger partial charge in [-0.05, 0) is 6.92 Å². The van der Waals surface area contributed by atoms with Crippen molar-refractivity contribution in [2.45, 2.75) is 13.1 Å². The van der Waals surface area contributed by atoms with Gasteiger partial charge in [-0.25, -0.2) is 0 Å². The van der Waals surface area contributed by atoms with E-state index >= 15 is 0 Å². The Labute approximate surface area is 68.8 Å². The Kier molecular flexibility index (Phi) is 2.35. The van der Waals surface area contributed by atoms with Crippen LogP contribution in [0.3, 0.4) is 0 Å². The van der Waals surface area contributed by atoms with E-state index in [2.05, 4.69) is 5.32 Å². The van der Waals surface area contributed by atoms with Crippen molar-refractivity contribution in [3.05, 3.63) is 0 Å². The van der Waals surface area contributed by atoms with Gasteiger partial charge in [-0.2, -0.15) is 13.2 Å². The number of halogens is 3. The van der Waals surface area contributed by atoms with E-state index in [1.54, 1.807) is 0 Å². The lowest BCUT2D eigenvalue weighted by Gasteiger charge is -2.31. The molecule has 0 aromatic heterocycles. The molecule has 0 aromatic carbocycles. The largest absolute Gasteiger partial charge is 0.396 e. The number of hydrogen-bond donors (Lipinski definition) is 2. The molecule has 0 radical (unpaired) electrons. The van der Waals surface area contributed by atoms with Crippen molar-refractivity contribution < 1.29 is 18.3 Å². The number of aliphatic hydroxyl groups is 1. The summed E-state index contributed by atoms with van der Waals surface area (Å²) in [6.07, 6.45) is -4.23. The Morgan fingerprint density at radius 1 is 1.58 bits per heavy atom. The van der Waals surface area contributed by atoms with Crippen LogP contribution in [0.1, 0.15) is 6.92 Å². The third kappa shape index (κ3) is 1.31. The minimum absolute atomic E-state index is 0.0955. The lowest BCUT2D eigenvalue weighted by atomic mass is 9.80. The van der Waals surface area contributed by atoms with Gasteiger partial charge in [0, 0.05) is 25.6 Å². The first kappa shape index (κ1) is 9.80. The second-order valence-electron chi connectivity index (χ2n) is 3.43. The highest BCUT2D eigenvalue weighted by atomic mass is 19.4. The Bertz CT molecular complexity index is 171. The minimum Gasteiger partial charge on any atom is -0.396 e. The van der Waals surface area contributed by atoms with Gasteiger partial charge in [-0.3, -0.25) is 0 Å². The molecule has 0 unspecified atom stereocenters. The summed E-state index contributed by atoms with van der Waals surface area (Å²) >= 11 is 0. The molecule has 1 aliphatic heterocycles. The van der Waals surface area contributed by atoms with E-state index in [0.717, 1.165) is 6.92 Å². The second kappa shape index (κ2) is 2.88. The van der Waals surface area contributed by atoms with Crippen molar-refractivity contribution in [1.29, 1.82) is 0 Å². The molecule has 72 valence electrons. The molecule has 5 heteroatoms. The molecular formula is C7H12F3NO. The van der Waals surface area contributed by atoms with Crippen LogP contribution in [-0.4, -0.2) is 31.0 Å². The van der Waals surface area contributed by atoms with Gasteiger partial charge in [0.05, 0.1) is 5.41 Å². The molecule has 0 bridgehead atoms. The molecule has 1 aliphatic rings. The highest BCUT2D eigenvalue weighted by Gasteiger charge is 2.57.